The van der Waals surface area contributed by atoms with E-state index in [0.717, 1.165) is 11.1 Å². The number of allylic oxidation sites excluding steroid dienone is 2. The Bertz CT molecular complexity index is 958. The van der Waals surface area contributed by atoms with Crippen molar-refractivity contribution in [3.63, 3.8) is 0 Å². The van der Waals surface area contributed by atoms with Gasteiger partial charge in [-0.05, 0) is 60.4 Å². The quantitative estimate of drug-likeness (QED) is 0.651. The maximum absolute atomic E-state index is 12.8. The van der Waals surface area contributed by atoms with Crippen LogP contribution in [0.25, 0.3) is 12.2 Å². The number of rotatable bonds is 8. The Kier molecular flexibility index (Phi) is 6.64. The summed E-state index contributed by atoms with van der Waals surface area (Å²) in [4.78, 5) is 34.5. The third kappa shape index (κ3) is 5.81. The lowest BCUT2D eigenvalue weighted by Crippen LogP contribution is -2.19. The maximum atomic E-state index is 12.8. The van der Waals surface area contributed by atoms with Gasteiger partial charge in [0.15, 0.2) is 19.0 Å². The van der Waals surface area contributed by atoms with Gasteiger partial charge in [-0.15, -0.1) is 0 Å². The molecule has 0 aliphatic heterocycles. The van der Waals surface area contributed by atoms with Gasteiger partial charge >= 0.3 is 0 Å². The molecule has 0 bridgehead atoms. The van der Waals surface area contributed by atoms with Crippen molar-refractivity contribution in [1.29, 1.82) is 0 Å². The van der Waals surface area contributed by atoms with E-state index in [9.17, 15) is 14.4 Å². The van der Waals surface area contributed by atoms with Gasteiger partial charge in [-0.1, -0.05) is 24.3 Å². The Morgan fingerprint density at radius 1 is 0.800 bits per heavy atom. The number of hydrogen-bond acceptors (Lipinski definition) is 5. The van der Waals surface area contributed by atoms with Crippen molar-refractivity contribution in [2.75, 3.05) is 13.2 Å². The van der Waals surface area contributed by atoms with Crippen molar-refractivity contribution in [3.8, 4) is 11.5 Å². The number of primary amides is 2. The number of amides is 2. The summed E-state index contributed by atoms with van der Waals surface area (Å²) in [5, 5.41) is 0. The minimum absolute atomic E-state index is 0.0121. The summed E-state index contributed by atoms with van der Waals surface area (Å²) in [5.41, 5.74) is 13.2. The van der Waals surface area contributed by atoms with Crippen molar-refractivity contribution in [3.05, 3.63) is 70.8 Å². The number of carbonyl (C=O) groups is 3. The Balaban J connectivity index is 1.73. The molecule has 154 valence electrons. The van der Waals surface area contributed by atoms with E-state index < -0.39 is 11.8 Å². The second kappa shape index (κ2) is 9.56. The molecular weight excluding hydrogens is 384 g/mol. The summed E-state index contributed by atoms with van der Waals surface area (Å²) in [5.74, 6) is -0.0941. The van der Waals surface area contributed by atoms with E-state index in [2.05, 4.69) is 0 Å². The van der Waals surface area contributed by atoms with Crippen molar-refractivity contribution in [2.45, 2.75) is 12.8 Å². The van der Waals surface area contributed by atoms with Crippen LogP contribution in [0.2, 0.25) is 0 Å². The summed E-state index contributed by atoms with van der Waals surface area (Å²) in [6, 6.07) is 14.2. The van der Waals surface area contributed by atoms with Crippen molar-refractivity contribution >= 4 is 29.7 Å². The zero-order valence-electron chi connectivity index (χ0n) is 16.3. The maximum Gasteiger partial charge on any atom is 0.255 e. The van der Waals surface area contributed by atoms with Gasteiger partial charge in [-0.25, -0.2) is 0 Å². The van der Waals surface area contributed by atoms with Crippen LogP contribution in [0, 0.1) is 0 Å². The molecule has 4 N–H and O–H groups in total. The molecule has 1 aliphatic rings. The Morgan fingerprint density at radius 3 is 1.63 bits per heavy atom. The number of hydrogen-bond donors (Lipinski definition) is 2. The lowest BCUT2D eigenvalue weighted by Gasteiger charge is -2.05. The van der Waals surface area contributed by atoms with Crippen molar-refractivity contribution in [1.82, 2.24) is 0 Å². The van der Waals surface area contributed by atoms with Gasteiger partial charge in [0, 0.05) is 11.1 Å². The van der Waals surface area contributed by atoms with E-state index in [1.807, 2.05) is 24.3 Å². The molecule has 0 atom stereocenters. The van der Waals surface area contributed by atoms with Gasteiger partial charge in [0.1, 0.15) is 11.5 Å². The highest BCUT2D eigenvalue weighted by molar-refractivity contribution is 6.15. The van der Waals surface area contributed by atoms with Crippen LogP contribution in [0.15, 0.2) is 59.7 Å². The smallest absolute Gasteiger partial charge is 0.255 e. The van der Waals surface area contributed by atoms with Crippen LogP contribution in [0.1, 0.15) is 24.0 Å². The fourth-order valence-corrected chi connectivity index (χ4v) is 3.08. The van der Waals surface area contributed by atoms with E-state index in [1.165, 1.54) is 0 Å². The highest BCUT2D eigenvalue weighted by Crippen LogP contribution is 2.30. The Labute approximate surface area is 174 Å². The van der Waals surface area contributed by atoms with E-state index in [4.69, 9.17) is 20.9 Å². The Hall–Kier alpha value is -3.87. The van der Waals surface area contributed by atoms with Gasteiger partial charge in [0.2, 0.25) is 0 Å². The predicted octanol–water partition coefficient (Wildman–Crippen LogP) is 2.24. The molecule has 0 unspecified atom stereocenters. The molecule has 0 aromatic heterocycles. The summed E-state index contributed by atoms with van der Waals surface area (Å²) < 4.78 is 10.6. The zero-order chi connectivity index (χ0) is 21.5. The Morgan fingerprint density at radius 2 is 1.23 bits per heavy atom. The molecular formula is C23H22N2O5. The van der Waals surface area contributed by atoms with Crippen LogP contribution < -0.4 is 20.9 Å². The first kappa shape index (κ1) is 20.9. The van der Waals surface area contributed by atoms with Crippen LogP contribution in [0.4, 0.5) is 0 Å². The van der Waals surface area contributed by atoms with Gasteiger partial charge in [-0.2, -0.15) is 0 Å². The van der Waals surface area contributed by atoms with Crippen LogP contribution in [-0.4, -0.2) is 30.8 Å². The molecule has 7 nitrogen and oxygen atoms in total. The molecule has 2 aromatic carbocycles. The first-order chi connectivity index (χ1) is 14.4. The first-order valence-electron chi connectivity index (χ1n) is 9.39. The van der Waals surface area contributed by atoms with Crippen LogP contribution in [0.5, 0.6) is 11.5 Å². The van der Waals surface area contributed by atoms with E-state index in [1.54, 1.807) is 36.4 Å². The van der Waals surface area contributed by atoms with Crippen LogP contribution in [-0.2, 0) is 14.4 Å². The van der Waals surface area contributed by atoms with E-state index >= 15 is 0 Å². The number of benzene rings is 2. The second-order valence-electron chi connectivity index (χ2n) is 6.82. The molecule has 3 rings (SSSR count). The SMILES string of the molecule is NC(=O)COc1cccc(/C=C2\CC/C(=C\c3cccc(OCC(N)=O)c3)C2=O)c1. The van der Waals surface area contributed by atoms with Crippen LogP contribution in [0.3, 0.4) is 0 Å². The monoisotopic (exact) mass is 406 g/mol. The summed E-state index contributed by atoms with van der Waals surface area (Å²) >= 11 is 0. The molecule has 0 heterocycles. The average molecular weight is 406 g/mol. The van der Waals surface area contributed by atoms with Gasteiger partial charge in [0.25, 0.3) is 11.8 Å². The number of nitrogens with two attached hydrogens (primary N) is 2. The molecule has 2 amide bonds. The highest BCUT2D eigenvalue weighted by atomic mass is 16.5. The fraction of sp³-hybridized carbons (Fsp3) is 0.174. The molecule has 1 saturated carbocycles. The number of ether oxygens (including phenoxy) is 2. The van der Waals surface area contributed by atoms with Gasteiger partial charge < -0.3 is 20.9 Å². The standard InChI is InChI=1S/C23H22N2O5/c24-21(26)13-29-19-5-1-3-15(11-19)9-17-7-8-18(23(17)28)10-16-4-2-6-20(12-16)30-14-22(25)27/h1-6,9-12H,7-8,13-14H2,(H2,24,26)(H2,25,27)/b17-9+,18-10+. The lowest BCUT2D eigenvalue weighted by atomic mass is 10.1. The first-order valence-corrected chi connectivity index (χ1v) is 9.39. The molecule has 1 fully saturated rings. The highest BCUT2D eigenvalue weighted by Gasteiger charge is 2.23. The third-order valence-electron chi connectivity index (χ3n) is 4.41. The molecule has 1 aliphatic carbocycles. The normalized spacial score (nSPS) is 16.1. The summed E-state index contributed by atoms with van der Waals surface area (Å²) in [7, 11) is 0. The minimum Gasteiger partial charge on any atom is -0.484 e. The molecule has 2 aromatic rings. The molecule has 0 radical (unpaired) electrons. The lowest BCUT2D eigenvalue weighted by molar-refractivity contribution is -0.120. The van der Waals surface area contributed by atoms with Gasteiger partial charge in [-0.3, -0.25) is 14.4 Å². The second-order valence-corrected chi connectivity index (χ2v) is 6.82. The number of ketones is 1. The fourth-order valence-electron chi connectivity index (χ4n) is 3.08. The predicted molar refractivity (Wildman–Crippen MR) is 112 cm³/mol. The molecule has 7 heteroatoms. The average Bonchev–Trinajstić information content (AvgIpc) is 3.05. The zero-order valence-corrected chi connectivity index (χ0v) is 16.3. The number of Topliss-reactive ketones (excluding diaryl/α,β-unsaturated/α-hetero) is 1. The van der Waals surface area contributed by atoms with Gasteiger partial charge in [0.05, 0.1) is 0 Å². The topological polar surface area (TPSA) is 122 Å². The van der Waals surface area contributed by atoms with E-state index in [-0.39, 0.29) is 19.0 Å². The molecule has 0 saturated heterocycles. The van der Waals surface area contributed by atoms with E-state index in [0.29, 0.717) is 35.5 Å². The largest absolute Gasteiger partial charge is 0.484 e. The van der Waals surface area contributed by atoms with Crippen molar-refractivity contribution in [2.24, 2.45) is 11.5 Å². The van der Waals surface area contributed by atoms with Crippen LogP contribution >= 0.6 is 0 Å². The number of carbonyl (C=O) groups excluding carboxylic acids is 3. The third-order valence-corrected chi connectivity index (χ3v) is 4.41. The summed E-state index contributed by atoms with van der Waals surface area (Å²) in [6.07, 6.45) is 4.92. The molecule has 30 heavy (non-hydrogen) atoms. The molecule has 0 spiro atoms. The summed E-state index contributed by atoms with van der Waals surface area (Å²) in [6.45, 7) is -0.401. The minimum atomic E-state index is -0.552. The van der Waals surface area contributed by atoms with Crippen molar-refractivity contribution < 1.29 is 23.9 Å².